The molecular formula is C18H22N6O4S. The van der Waals surface area contributed by atoms with Gasteiger partial charge in [0, 0.05) is 20.6 Å². The molecule has 0 radical (unpaired) electrons. The summed E-state index contributed by atoms with van der Waals surface area (Å²) >= 11 is 1.12. The van der Waals surface area contributed by atoms with E-state index in [0.717, 1.165) is 16.3 Å². The fourth-order valence-corrected chi connectivity index (χ4v) is 3.63. The number of anilines is 1. The van der Waals surface area contributed by atoms with Crippen LogP contribution >= 0.6 is 11.8 Å². The molecule has 0 aromatic carbocycles. The molecule has 0 atom stereocenters. The summed E-state index contributed by atoms with van der Waals surface area (Å²) < 4.78 is 9.19. The Balaban J connectivity index is 1.88. The number of carbonyl (C=O) groups excluding carboxylic acids is 1. The summed E-state index contributed by atoms with van der Waals surface area (Å²) in [5.41, 5.74) is 4.62. The highest BCUT2D eigenvalue weighted by Crippen LogP contribution is 2.23. The van der Waals surface area contributed by atoms with Crippen molar-refractivity contribution in [2.24, 2.45) is 20.0 Å². The largest absolute Gasteiger partial charge is 0.461 e. The van der Waals surface area contributed by atoms with Crippen LogP contribution in [0.5, 0.6) is 0 Å². The molecule has 10 nitrogen and oxygen atoms in total. The van der Waals surface area contributed by atoms with Crippen LogP contribution < -0.4 is 17.0 Å². The zero-order valence-corrected chi connectivity index (χ0v) is 17.4. The van der Waals surface area contributed by atoms with E-state index in [4.69, 9.17) is 10.2 Å². The summed E-state index contributed by atoms with van der Waals surface area (Å²) in [7, 11) is 3.09. The summed E-state index contributed by atoms with van der Waals surface area (Å²) in [6, 6.07) is 3.50. The predicted molar refractivity (Wildman–Crippen MR) is 109 cm³/mol. The number of rotatable bonds is 7. The Bertz CT molecular complexity index is 1160. The SMILES string of the molecule is CC(C)Cn1c(N)c(C(=O)CSc2nnc(-c3ccco3)n2C)c(=O)n(C)c1=O. The van der Waals surface area contributed by atoms with E-state index < -0.39 is 17.0 Å². The average molecular weight is 418 g/mol. The van der Waals surface area contributed by atoms with Gasteiger partial charge in [-0.25, -0.2) is 4.79 Å². The fraction of sp³-hybridized carbons (Fsp3) is 0.389. The highest BCUT2D eigenvalue weighted by Gasteiger charge is 2.23. The lowest BCUT2D eigenvalue weighted by atomic mass is 10.2. The molecule has 0 aliphatic rings. The van der Waals surface area contributed by atoms with E-state index in [1.165, 1.54) is 17.9 Å². The minimum absolute atomic E-state index is 0.0799. The van der Waals surface area contributed by atoms with Gasteiger partial charge in [0.05, 0.1) is 12.0 Å². The van der Waals surface area contributed by atoms with E-state index in [1.54, 1.807) is 23.7 Å². The molecule has 0 unspecified atom stereocenters. The third-order valence-corrected chi connectivity index (χ3v) is 5.34. The number of hydrogen-bond donors (Lipinski definition) is 1. The van der Waals surface area contributed by atoms with Crippen LogP contribution in [0.15, 0.2) is 37.6 Å². The van der Waals surface area contributed by atoms with Gasteiger partial charge in [0.15, 0.2) is 22.5 Å². The normalized spacial score (nSPS) is 11.3. The van der Waals surface area contributed by atoms with E-state index >= 15 is 0 Å². The van der Waals surface area contributed by atoms with Crippen molar-refractivity contribution in [2.45, 2.75) is 25.5 Å². The number of nitrogens with zero attached hydrogens (tertiary/aromatic N) is 5. The number of thioether (sulfide) groups is 1. The maximum absolute atomic E-state index is 12.8. The van der Waals surface area contributed by atoms with Gasteiger partial charge in [-0.2, -0.15) is 0 Å². The second-order valence-corrected chi connectivity index (χ2v) is 7.91. The Kier molecular flexibility index (Phi) is 5.78. The number of nitrogens with two attached hydrogens (primary N) is 1. The molecule has 0 aliphatic heterocycles. The number of Topliss-reactive ketones (excluding diaryl/α,β-unsaturated/α-hetero) is 1. The van der Waals surface area contributed by atoms with Gasteiger partial charge < -0.3 is 14.7 Å². The monoisotopic (exact) mass is 418 g/mol. The van der Waals surface area contributed by atoms with Crippen molar-refractivity contribution in [2.75, 3.05) is 11.5 Å². The molecule has 154 valence electrons. The Labute approximate surface area is 170 Å². The number of nitrogen functional groups attached to an aromatic ring is 1. The molecule has 0 spiro atoms. The highest BCUT2D eigenvalue weighted by atomic mass is 32.2. The smallest absolute Gasteiger partial charge is 0.332 e. The second kappa shape index (κ2) is 8.11. The minimum Gasteiger partial charge on any atom is -0.461 e. The van der Waals surface area contributed by atoms with E-state index in [0.29, 0.717) is 23.3 Å². The molecule has 0 saturated carbocycles. The van der Waals surface area contributed by atoms with Crippen LogP contribution in [0.3, 0.4) is 0 Å². The first-order chi connectivity index (χ1) is 13.7. The average Bonchev–Trinajstić information content (AvgIpc) is 3.31. The molecule has 0 fully saturated rings. The van der Waals surface area contributed by atoms with Crippen molar-refractivity contribution < 1.29 is 9.21 Å². The molecule has 3 heterocycles. The van der Waals surface area contributed by atoms with Crippen LogP contribution in [0.4, 0.5) is 5.82 Å². The van der Waals surface area contributed by atoms with Crippen LogP contribution in [0.1, 0.15) is 24.2 Å². The van der Waals surface area contributed by atoms with E-state index in [9.17, 15) is 14.4 Å². The first-order valence-corrected chi connectivity index (χ1v) is 9.89. The van der Waals surface area contributed by atoms with Gasteiger partial charge >= 0.3 is 5.69 Å². The van der Waals surface area contributed by atoms with Crippen molar-refractivity contribution in [3.63, 3.8) is 0 Å². The Hall–Kier alpha value is -3.08. The summed E-state index contributed by atoms with van der Waals surface area (Å²) in [5.74, 6) is 0.523. The Morgan fingerprint density at radius 1 is 1.24 bits per heavy atom. The third-order valence-electron chi connectivity index (χ3n) is 4.32. The van der Waals surface area contributed by atoms with Crippen molar-refractivity contribution in [3.8, 4) is 11.6 Å². The van der Waals surface area contributed by atoms with E-state index in [2.05, 4.69) is 10.2 Å². The minimum atomic E-state index is -0.702. The third kappa shape index (κ3) is 3.90. The number of hydrogen-bond acceptors (Lipinski definition) is 8. The topological polar surface area (TPSA) is 131 Å². The number of carbonyl (C=O) groups is 1. The Morgan fingerprint density at radius 2 is 1.97 bits per heavy atom. The maximum Gasteiger partial charge on any atom is 0.332 e. The first kappa shape index (κ1) is 20.6. The van der Waals surface area contributed by atoms with Crippen LogP contribution in [0, 0.1) is 5.92 Å². The number of aromatic nitrogens is 5. The van der Waals surface area contributed by atoms with Gasteiger partial charge in [0.1, 0.15) is 11.4 Å². The Morgan fingerprint density at radius 3 is 2.59 bits per heavy atom. The molecule has 0 saturated heterocycles. The molecule has 11 heteroatoms. The highest BCUT2D eigenvalue weighted by molar-refractivity contribution is 7.99. The van der Waals surface area contributed by atoms with Gasteiger partial charge in [-0.15, -0.1) is 10.2 Å². The number of furan rings is 1. The van der Waals surface area contributed by atoms with Crippen LogP contribution in [-0.2, 0) is 20.6 Å². The summed E-state index contributed by atoms with van der Waals surface area (Å²) in [6.45, 7) is 4.14. The number of ketones is 1. The summed E-state index contributed by atoms with van der Waals surface area (Å²) in [4.78, 5) is 37.7. The van der Waals surface area contributed by atoms with E-state index in [1.807, 2.05) is 13.8 Å². The van der Waals surface area contributed by atoms with Crippen molar-refractivity contribution in [1.82, 2.24) is 23.9 Å². The molecular weight excluding hydrogens is 396 g/mol. The van der Waals surface area contributed by atoms with Gasteiger partial charge in [-0.3, -0.25) is 18.7 Å². The summed E-state index contributed by atoms with van der Waals surface area (Å²) in [5, 5.41) is 8.61. The first-order valence-electron chi connectivity index (χ1n) is 8.91. The lowest BCUT2D eigenvalue weighted by Gasteiger charge is -2.16. The van der Waals surface area contributed by atoms with Crippen LogP contribution in [0.2, 0.25) is 0 Å². The molecule has 0 amide bonds. The van der Waals surface area contributed by atoms with Gasteiger partial charge in [-0.05, 0) is 18.1 Å². The molecule has 3 aromatic heterocycles. The van der Waals surface area contributed by atoms with Crippen LogP contribution in [0.25, 0.3) is 11.6 Å². The van der Waals surface area contributed by atoms with Crippen molar-refractivity contribution in [1.29, 1.82) is 0 Å². The summed E-state index contributed by atoms with van der Waals surface area (Å²) in [6.07, 6.45) is 1.53. The van der Waals surface area contributed by atoms with Crippen LogP contribution in [-0.4, -0.2) is 35.4 Å². The van der Waals surface area contributed by atoms with Gasteiger partial charge in [0.2, 0.25) is 0 Å². The molecule has 0 aliphatic carbocycles. The zero-order chi connectivity index (χ0) is 21.3. The van der Waals surface area contributed by atoms with Gasteiger partial charge in [-0.1, -0.05) is 25.6 Å². The fourth-order valence-electron chi connectivity index (χ4n) is 2.85. The molecule has 0 bridgehead atoms. The maximum atomic E-state index is 12.8. The van der Waals surface area contributed by atoms with Crippen molar-refractivity contribution in [3.05, 3.63) is 44.8 Å². The molecule has 29 heavy (non-hydrogen) atoms. The predicted octanol–water partition coefficient (Wildman–Crippen LogP) is 1.15. The van der Waals surface area contributed by atoms with Crippen molar-refractivity contribution >= 4 is 23.4 Å². The van der Waals surface area contributed by atoms with Gasteiger partial charge in [0.25, 0.3) is 5.56 Å². The lowest BCUT2D eigenvalue weighted by Crippen LogP contribution is -2.43. The molecule has 2 N–H and O–H groups in total. The molecule has 3 aromatic rings. The second-order valence-electron chi connectivity index (χ2n) is 6.97. The quantitative estimate of drug-likeness (QED) is 0.446. The molecule has 3 rings (SSSR count). The lowest BCUT2D eigenvalue weighted by molar-refractivity contribution is 0.102. The van der Waals surface area contributed by atoms with E-state index in [-0.39, 0.29) is 23.1 Å². The zero-order valence-electron chi connectivity index (χ0n) is 16.6. The standard InChI is InChI=1S/C18H22N6O4S/c1-10(2)8-24-14(19)13(16(26)23(4)18(24)27)11(25)9-29-17-21-20-15(22(17)3)12-6-5-7-28-12/h5-7,10H,8-9,19H2,1-4H3.